The second-order valence-electron chi connectivity index (χ2n) is 11.2. The molecule has 2 fully saturated rings. The summed E-state index contributed by atoms with van der Waals surface area (Å²) in [5, 5.41) is 12.0. The number of amides is 1. The summed E-state index contributed by atoms with van der Waals surface area (Å²) in [6, 6.07) is 0. The molecule has 5 aliphatic rings. The third-order valence-corrected chi connectivity index (χ3v) is 6.74. The fraction of sp³-hybridized carbons (Fsp3) is 0.727. The predicted molar refractivity (Wildman–Crippen MR) is 108 cm³/mol. The average Bonchev–Trinajstić information content (AvgIpc) is 3.16. The van der Waals surface area contributed by atoms with Gasteiger partial charge in [0.1, 0.15) is 11.2 Å². The van der Waals surface area contributed by atoms with Crippen LogP contribution in [0.2, 0.25) is 0 Å². The lowest BCUT2D eigenvalue weighted by atomic mass is 9.61. The van der Waals surface area contributed by atoms with Crippen molar-refractivity contribution in [2.24, 2.45) is 21.1 Å². The van der Waals surface area contributed by atoms with Crippen LogP contribution in [0.25, 0.3) is 0 Å². The second kappa shape index (κ2) is 5.93. The Kier molecular flexibility index (Phi) is 3.90. The number of allylic oxidation sites excluding steroid dienone is 1. The zero-order valence-electron chi connectivity index (χ0n) is 18.4. The monoisotopic (exact) mass is 414 g/mol. The topological polar surface area (TPSA) is 92.6 Å². The number of Topliss-reactive ketones (excluding diaryl/α,β-unsaturated/α-hetero) is 1. The zero-order chi connectivity index (χ0) is 21.5. The third-order valence-electron chi connectivity index (χ3n) is 6.74. The van der Waals surface area contributed by atoms with Gasteiger partial charge in [0, 0.05) is 23.3 Å². The Morgan fingerprint density at radius 1 is 1.23 bits per heavy atom. The predicted octanol–water partition coefficient (Wildman–Crippen LogP) is 3.31. The van der Waals surface area contributed by atoms with Gasteiger partial charge < -0.3 is 19.7 Å². The minimum absolute atomic E-state index is 0.0843. The molecule has 4 heterocycles. The molecular formula is C22H30N4O4. The normalized spacial score (nSPS) is 31.1. The molecule has 1 aliphatic carbocycles. The zero-order valence-corrected chi connectivity index (χ0v) is 18.4. The Balaban J connectivity index is 1.43. The van der Waals surface area contributed by atoms with Gasteiger partial charge in [-0.1, -0.05) is 13.8 Å². The highest BCUT2D eigenvalue weighted by molar-refractivity contribution is 6.00. The number of carbonyl (C=O) groups excluding carboxylic acids is 2. The minimum Gasteiger partial charge on any atom is -0.444 e. The number of dihydropyridines is 1. The van der Waals surface area contributed by atoms with Gasteiger partial charge in [-0.05, 0) is 39.0 Å². The van der Waals surface area contributed by atoms with Crippen molar-refractivity contribution in [2.45, 2.75) is 65.1 Å². The maximum absolute atomic E-state index is 13.3. The molecule has 1 N–H and O–H groups in total. The molecule has 2 spiro atoms. The molecule has 0 aromatic heterocycles. The maximum Gasteiger partial charge on any atom is 0.410 e. The van der Waals surface area contributed by atoms with E-state index in [1.165, 1.54) is 0 Å². The van der Waals surface area contributed by atoms with E-state index in [4.69, 9.17) is 9.47 Å². The second-order valence-corrected chi connectivity index (χ2v) is 11.2. The van der Waals surface area contributed by atoms with Crippen molar-refractivity contribution in [2.75, 3.05) is 26.2 Å². The molecule has 1 amide bonds. The SMILES string of the molecule is CC1(C)CC(=O)C2=C(C1)NC1=C(CN=N1)C21COC2(CN(C(=O)OC(C)(C)C)C2)C1. The lowest BCUT2D eigenvalue weighted by Crippen LogP contribution is -2.64. The summed E-state index contributed by atoms with van der Waals surface area (Å²) in [6.07, 6.45) is 1.70. The lowest BCUT2D eigenvalue weighted by Gasteiger charge is -2.48. The molecule has 1 atom stereocenters. The van der Waals surface area contributed by atoms with Crippen LogP contribution in [0.5, 0.6) is 0 Å². The number of carbonyl (C=O) groups is 2. The van der Waals surface area contributed by atoms with Gasteiger partial charge in [0.15, 0.2) is 11.6 Å². The number of ketones is 1. The molecular weight excluding hydrogens is 384 g/mol. The number of rotatable bonds is 0. The summed E-state index contributed by atoms with van der Waals surface area (Å²) in [6.45, 7) is 11.7. The molecule has 0 bridgehead atoms. The van der Waals surface area contributed by atoms with Crippen molar-refractivity contribution in [1.82, 2.24) is 10.2 Å². The van der Waals surface area contributed by atoms with E-state index in [2.05, 4.69) is 29.4 Å². The summed E-state index contributed by atoms with van der Waals surface area (Å²) in [5.74, 6) is 0.972. The molecule has 5 rings (SSSR count). The van der Waals surface area contributed by atoms with Gasteiger partial charge in [-0.25, -0.2) is 4.79 Å². The smallest absolute Gasteiger partial charge is 0.410 e. The van der Waals surface area contributed by atoms with Crippen LogP contribution in [-0.2, 0) is 14.3 Å². The van der Waals surface area contributed by atoms with Gasteiger partial charge in [0.2, 0.25) is 0 Å². The van der Waals surface area contributed by atoms with Gasteiger partial charge in [-0.2, -0.15) is 5.11 Å². The van der Waals surface area contributed by atoms with Crippen LogP contribution in [0.1, 0.15) is 53.9 Å². The summed E-state index contributed by atoms with van der Waals surface area (Å²) in [5.41, 5.74) is 1.34. The number of azo groups is 1. The molecule has 8 nitrogen and oxygen atoms in total. The van der Waals surface area contributed by atoms with Crippen LogP contribution in [0, 0.1) is 10.8 Å². The highest BCUT2D eigenvalue weighted by Gasteiger charge is 2.63. The highest BCUT2D eigenvalue weighted by Crippen LogP contribution is 2.58. The van der Waals surface area contributed by atoms with Gasteiger partial charge in [0.05, 0.1) is 31.7 Å². The number of fused-ring (bicyclic) bond motifs is 2. The van der Waals surface area contributed by atoms with Gasteiger partial charge in [-0.15, -0.1) is 5.11 Å². The van der Waals surface area contributed by atoms with Gasteiger partial charge in [-0.3, -0.25) is 4.79 Å². The lowest BCUT2D eigenvalue weighted by molar-refractivity contribution is -0.119. The number of nitrogens with one attached hydrogen (secondary N) is 1. The van der Waals surface area contributed by atoms with E-state index in [9.17, 15) is 9.59 Å². The number of likely N-dealkylation sites (tertiary alicyclic amines) is 1. The molecule has 2 saturated heterocycles. The average molecular weight is 415 g/mol. The molecule has 0 aromatic rings. The van der Waals surface area contributed by atoms with Crippen molar-refractivity contribution in [1.29, 1.82) is 0 Å². The van der Waals surface area contributed by atoms with E-state index in [1.807, 2.05) is 20.8 Å². The first-order valence-electron chi connectivity index (χ1n) is 10.7. The van der Waals surface area contributed by atoms with Crippen LogP contribution < -0.4 is 5.32 Å². The third kappa shape index (κ3) is 2.91. The Hall–Kier alpha value is -2.22. The summed E-state index contributed by atoms with van der Waals surface area (Å²) in [7, 11) is 0. The number of nitrogens with zero attached hydrogens (tertiary/aromatic N) is 3. The standard InChI is InChI=1S/C22H30N4O4/c1-19(2,3)30-18(28)26-10-21(11-26)9-22(12-29-21)13-8-23-25-17(13)24-14-6-20(4,5)7-15(27)16(14)22/h24H,6-12H2,1-5H3. The Bertz CT molecular complexity index is 933. The first-order valence-corrected chi connectivity index (χ1v) is 10.7. The quantitative estimate of drug-likeness (QED) is 0.656. The van der Waals surface area contributed by atoms with Crippen molar-refractivity contribution in [3.63, 3.8) is 0 Å². The number of hydrogen-bond donors (Lipinski definition) is 1. The van der Waals surface area contributed by atoms with Gasteiger partial charge >= 0.3 is 6.09 Å². The van der Waals surface area contributed by atoms with Crippen LogP contribution in [0.15, 0.2) is 32.9 Å². The Morgan fingerprint density at radius 3 is 2.67 bits per heavy atom. The van der Waals surface area contributed by atoms with Crippen molar-refractivity contribution in [3.8, 4) is 0 Å². The highest BCUT2D eigenvalue weighted by atomic mass is 16.6. The van der Waals surface area contributed by atoms with Crippen molar-refractivity contribution >= 4 is 11.9 Å². The summed E-state index contributed by atoms with van der Waals surface area (Å²) in [4.78, 5) is 27.4. The molecule has 8 heteroatoms. The van der Waals surface area contributed by atoms with E-state index in [0.29, 0.717) is 39.1 Å². The van der Waals surface area contributed by atoms with Crippen LogP contribution >= 0.6 is 0 Å². The fourth-order valence-electron chi connectivity index (χ4n) is 5.66. The van der Waals surface area contributed by atoms with E-state index >= 15 is 0 Å². The largest absolute Gasteiger partial charge is 0.444 e. The number of ether oxygens (including phenoxy) is 2. The first-order chi connectivity index (χ1) is 13.9. The summed E-state index contributed by atoms with van der Waals surface area (Å²) < 4.78 is 11.9. The molecule has 162 valence electrons. The van der Waals surface area contributed by atoms with E-state index in [1.54, 1.807) is 4.90 Å². The maximum atomic E-state index is 13.3. The Labute approximate surface area is 176 Å². The fourth-order valence-corrected chi connectivity index (χ4v) is 5.66. The minimum atomic E-state index is -0.528. The van der Waals surface area contributed by atoms with Gasteiger partial charge in [0.25, 0.3) is 0 Å². The molecule has 0 aromatic carbocycles. The molecule has 1 unspecified atom stereocenters. The number of hydrogen-bond acceptors (Lipinski definition) is 7. The van der Waals surface area contributed by atoms with Crippen LogP contribution in [0.4, 0.5) is 4.79 Å². The molecule has 0 radical (unpaired) electrons. The Morgan fingerprint density at radius 2 is 1.97 bits per heavy atom. The van der Waals surface area contributed by atoms with Crippen LogP contribution in [-0.4, -0.2) is 54.2 Å². The van der Waals surface area contributed by atoms with E-state index < -0.39 is 16.6 Å². The first kappa shape index (κ1) is 19.7. The molecule has 4 aliphatic heterocycles. The molecule has 30 heavy (non-hydrogen) atoms. The van der Waals surface area contributed by atoms with Crippen molar-refractivity contribution in [3.05, 3.63) is 22.7 Å². The van der Waals surface area contributed by atoms with E-state index in [-0.39, 0.29) is 17.3 Å². The van der Waals surface area contributed by atoms with Crippen molar-refractivity contribution < 1.29 is 19.1 Å². The van der Waals surface area contributed by atoms with E-state index in [0.717, 1.165) is 29.1 Å². The summed E-state index contributed by atoms with van der Waals surface area (Å²) >= 11 is 0. The molecule has 0 saturated carbocycles. The van der Waals surface area contributed by atoms with Crippen LogP contribution in [0.3, 0.4) is 0 Å².